The van der Waals surface area contributed by atoms with Gasteiger partial charge in [0.1, 0.15) is 12.2 Å². The normalized spacial score (nSPS) is 20.1. The van der Waals surface area contributed by atoms with Gasteiger partial charge < -0.3 is 14.6 Å². The van der Waals surface area contributed by atoms with Gasteiger partial charge in [0.05, 0.1) is 7.11 Å². The second-order valence-electron chi connectivity index (χ2n) is 7.49. The van der Waals surface area contributed by atoms with E-state index in [1.165, 1.54) is 19.3 Å². The first kappa shape index (κ1) is 20.3. The van der Waals surface area contributed by atoms with Crippen molar-refractivity contribution in [2.45, 2.75) is 58.0 Å². The van der Waals surface area contributed by atoms with Gasteiger partial charge in [-0.05, 0) is 57.4 Å². The van der Waals surface area contributed by atoms with E-state index in [9.17, 15) is 4.79 Å². The Morgan fingerprint density at radius 2 is 1.96 bits per heavy atom. The molecule has 1 aromatic heterocycles. The Bertz CT molecular complexity index is 749. The molecule has 7 nitrogen and oxygen atoms in total. The molecule has 0 spiro atoms. The van der Waals surface area contributed by atoms with E-state index < -0.39 is 0 Å². The first-order chi connectivity index (χ1) is 13.6. The van der Waals surface area contributed by atoms with E-state index in [1.54, 1.807) is 7.11 Å². The Hall–Kier alpha value is -2.41. The van der Waals surface area contributed by atoms with Gasteiger partial charge in [0.2, 0.25) is 17.6 Å². The fraction of sp³-hybridized carbons (Fsp3) is 0.571. The molecule has 0 unspecified atom stereocenters. The SMILES string of the molecule is COc1ccc(-c2noc(CC(=O)NCCCN3[C@H](C)CCC[C@@H]3C)n2)cc1. The van der Waals surface area contributed by atoms with Crippen molar-refractivity contribution in [3.63, 3.8) is 0 Å². The predicted octanol–water partition coefficient (Wildman–Crippen LogP) is 3.06. The second-order valence-corrected chi connectivity index (χ2v) is 7.49. The van der Waals surface area contributed by atoms with Crippen LogP contribution < -0.4 is 10.1 Å². The van der Waals surface area contributed by atoms with Crippen molar-refractivity contribution >= 4 is 5.91 Å². The molecular formula is C21H30N4O3. The average molecular weight is 386 g/mol. The van der Waals surface area contributed by atoms with Crippen LogP contribution in [0.2, 0.25) is 0 Å². The monoisotopic (exact) mass is 386 g/mol. The van der Waals surface area contributed by atoms with E-state index in [0.717, 1.165) is 24.3 Å². The Labute approximate surface area is 166 Å². The fourth-order valence-corrected chi connectivity index (χ4v) is 3.79. The number of hydrogen-bond acceptors (Lipinski definition) is 6. The number of carbonyl (C=O) groups excluding carboxylic acids is 1. The highest BCUT2D eigenvalue weighted by molar-refractivity contribution is 5.77. The van der Waals surface area contributed by atoms with Crippen LogP contribution in [0, 0.1) is 0 Å². The molecule has 1 aliphatic heterocycles. The van der Waals surface area contributed by atoms with Crippen LogP contribution in [0.4, 0.5) is 0 Å². The van der Waals surface area contributed by atoms with Crippen LogP contribution >= 0.6 is 0 Å². The Balaban J connectivity index is 1.42. The van der Waals surface area contributed by atoms with E-state index in [1.807, 2.05) is 24.3 Å². The number of methoxy groups -OCH3 is 1. The minimum atomic E-state index is -0.0929. The number of piperidine rings is 1. The number of rotatable bonds is 8. The molecule has 7 heteroatoms. The van der Waals surface area contributed by atoms with Gasteiger partial charge in [-0.3, -0.25) is 9.69 Å². The zero-order chi connectivity index (χ0) is 19.9. The number of nitrogens with zero attached hydrogens (tertiary/aromatic N) is 3. The summed E-state index contributed by atoms with van der Waals surface area (Å²) < 4.78 is 10.4. The van der Waals surface area contributed by atoms with Crippen LogP contribution in [0.15, 0.2) is 28.8 Å². The second kappa shape index (κ2) is 9.68. The minimum absolute atomic E-state index is 0.0929. The van der Waals surface area contributed by atoms with Gasteiger partial charge in [0.25, 0.3) is 0 Å². The van der Waals surface area contributed by atoms with Gasteiger partial charge in [-0.15, -0.1) is 0 Å². The maximum Gasteiger partial charge on any atom is 0.236 e. The van der Waals surface area contributed by atoms with E-state index in [0.29, 0.717) is 30.3 Å². The van der Waals surface area contributed by atoms with Crippen LogP contribution in [-0.4, -0.2) is 53.2 Å². The van der Waals surface area contributed by atoms with Crippen molar-refractivity contribution in [2.24, 2.45) is 0 Å². The third kappa shape index (κ3) is 5.32. The van der Waals surface area contributed by atoms with Crippen LogP contribution in [0.25, 0.3) is 11.4 Å². The van der Waals surface area contributed by atoms with Crippen molar-refractivity contribution in [1.29, 1.82) is 0 Å². The fourth-order valence-electron chi connectivity index (χ4n) is 3.79. The van der Waals surface area contributed by atoms with E-state index in [-0.39, 0.29) is 12.3 Å². The van der Waals surface area contributed by atoms with Crippen LogP contribution in [0.3, 0.4) is 0 Å². The molecule has 1 fully saturated rings. The molecule has 1 aliphatic rings. The molecule has 1 amide bonds. The summed E-state index contributed by atoms with van der Waals surface area (Å²) in [5, 5.41) is 6.91. The van der Waals surface area contributed by atoms with Gasteiger partial charge in [0.15, 0.2) is 0 Å². The van der Waals surface area contributed by atoms with Crippen molar-refractivity contribution in [1.82, 2.24) is 20.4 Å². The average Bonchev–Trinajstić information content (AvgIpc) is 3.15. The lowest BCUT2D eigenvalue weighted by molar-refractivity contribution is -0.120. The largest absolute Gasteiger partial charge is 0.497 e. The van der Waals surface area contributed by atoms with Gasteiger partial charge in [-0.2, -0.15) is 4.98 Å². The lowest BCUT2D eigenvalue weighted by Crippen LogP contribution is -2.44. The molecule has 0 bridgehead atoms. The number of aromatic nitrogens is 2. The van der Waals surface area contributed by atoms with E-state index in [2.05, 4.69) is 34.2 Å². The third-order valence-electron chi connectivity index (χ3n) is 5.42. The van der Waals surface area contributed by atoms with Gasteiger partial charge in [-0.25, -0.2) is 0 Å². The molecular weight excluding hydrogens is 356 g/mol. The lowest BCUT2D eigenvalue weighted by Gasteiger charge is -2.39. The van der Waals surface area contributed by atoms with E-state index in [4.69, 9.17) is 9.26 Å². The molecule has 2 heterocycles. The number of hydrogen-bond donors (Lipinski definition) is 1. The van der Waals surface area contributed by atoms with Crippen LogP contribution in [0.1, 0.15) is 45.4 Å². The highest BCUT2D eigenvalue weighted by atomic mass is 16.5. The summed E-state index contributed by atoms with van der Waals surface area (Å²) >= 11 is 0. The molecule has 0 aliphatic carbocycles. The van der Waals surface area contributed by atoms with Crippen molar-refractivity contribution in [3.8, 4) is 17.1 Å². The number of nitrogens with one attached hydrogen (secondary N) is 1. The molecule has 1 aromatic carbocycles. The highest BCUT2D eigenvalue weighted by Crippen LogP contribution is 2.22. The summed E-state index contributed by atoms with van der Waals surface area (Å²) in [6, 6.07) is 8.65. The number of amides is 1. The lowest BCUT2D eigenvalue weighted by atomic mass is 9.97. The van der Waals surface area contributed by atoms with Crippen LogP contribution in [0.5, 0.6) is 5.75 Å². The molecule has 1 saturated heterocycles. The summed E-state index contributed by atoms with van der Waals surface area (Å²) in [4.78, 5) is 19.0. The van der Waals surface area contributed by atoms with Crippen molar-refractivity contribution < 1.29 is 14.1 Å². The summed E-state index contributed by atoms with van der Waals surface area (Å²) in [5.74, 6) is 1.46. The smallest absolute Gasteiger partial charge is 0.236 e. The topological polar surface area (TPSA) is 80.5 Å². The molecule has 0 radical (unpaired) electrons. The Kier molecular flexibility index (Phi) is 7.03. The maximum absolute atomic E-state index is 12.2. The predicted molar refractivity (Wildman–Crippen MR) is 107 cm³/mol. The van der Waals surface area contributed by atoms with Gasteiger partial charge >= 0.3 is 0 Å². The zero-order valence-corrected chi connectivity index (χ0v) is 17.0. The van der Waals surface area contributed by atoms with Gasteiger partial charge in [0, 0.05) is 30.7 Å². The highest BCUT2D eigenvalue weighted by Gasteiger charge is 2.23. The Morgan fingerprint density at radius 1 is 1.25 bits per heavy atom. The quantitative estimate of drug-likeness (QED) is 0.703. The third-order valence-corrected chi connectivity index (χ3v) is 5.42. The summed E-state index contributed by atoms with van der Waals surface area (Å²) in [7, 11) is 1.62. The van der Waals surface area contributed by atoms with Gasteiger partial charge in [-0.1, -0.05) is 11.6 Å². The molecule has 152 valence electrons. The number of benzene rings is 1. The Morgan fingerprint density at radius 3 is 2.64 bits per heavy atom. The molecule has 3 rings (SSSR count). The zero-order valence-electron chi connectivity index (χ0n) is 17.0. The summed E-state index contributed by atoms with van der Waals surface area (Å²) in [6.07, 6.45) is 4.90. The summed E-state index contributed by atoms with van der Waals surface area (Å²) in [6.45, 7) is 6.27. The summed E-state index contributed by atoms with van der Waals surface area (Å²) in [5.41, 5.74) is 0.820. The number of likely N-dealkylation sites (tertiary alicyclic amines) is 1. The first-order valence-corrected chi connectivity index (χ1v) is 10.1. The molecule has 0 saturated carbocycles. The molecule has 1 N–H and O–H groups in total. The van der Waals surface area contributed by atoms with Crippen molar-refractivity contribution in [3.05, 3.63) is 30.2 Å². The minimum Gasteiger partial charge on any atom is -0.497 e. The molecule has 2 atom stereocenters. The number of ether oxygens (including phenoxy) is 1. The number of carbonyl (C=O) groups is 1. The standard InChI is InChI=1S/C21H30N4O3/c1-15-6-4-7-16(2)25(15)13-5-12-22-19(26)14-20-23-21(24-28-20)17-8-10-18(27-3)11-9-17/h8-11,15-16H,4-7,12-14H2,1-3H3,(H,22,26)/t15-,16+. The molecule has 2 aromatic rings. The first-order valence-electron chi connectivity index (χ1n) is 10.1. The van der Waals surface area contributed by atoms with E-state index >= 15 is 0 Å². The van der Waals surface area contributed by atoms with Crippen molar-refractivity contribution in [2.75, 3.05) is 20.2 Å². The maximum atomic E-state index is 12.2. The molecule has 28 heavy (non-hydrogen) atoms. The van der Waals surface area contributed by atoms with Crippen LogP contribution in [-0.2, 0) is 11.2 Å².